The molecule has 0 atom stereocenters. The number of halogens is 3. The lowest BCUT2D eigenvalue weighted by Crippen LogP contribution is -2.42. The zero-order chi connectivity index (χ0) is 20.3. The number of carbonyl (C=O) groups is 1. The normalized spacial score (nSPS) is 16.1. The van der Waals surface area contributed by atoms with Crippen molar-refractivity contribution in [1.82, 2.24) is 9.62 Å². The van der Waals surface area contributed by atoms with Crippen LogP contribution in [-0.2, 0) is 21.4 Å². The van der Waals surface area contributed by atoms with Crippen molar-refractivity contribution in [2.24, 2.45) is 5.92 Å². The van der Waals surface area contributed by atoms with Crippen LogP contribution in [0.3, 0.4) is 0 Å². The smallest absolute Gasteiger partial charge is 0.243 e. The fraction of sp³-hybridized carbons (Fsp3) is 0.316. The van der Waals surface area contributed by atoms with Crippen LogP contribution in [0.4, 0.5) is 8.78 Å². The lowest BCUT2D eigenvalue weighted by Gasteiger charge is -2.30. The summed E-state index contributed by atoms with van der Waals surface area (Å²) in [5.41, 5.74) is 0.913. The van der Waals surface area contributed by atoms with E-state index >= 15 is 0 Å². The summed E-state index contributed by atoms with van der Waals surface area (Å²) in [5, 5.41) is 3.46. The van der Waals surface area contributed by atoms with Gasteiger partial charge in [-0.15, -0.1) is 0 Å². The molecular weight excluding hydrogens is 410 g/mol. The van der Waals surface area contributed by atoms with E-state index in [-0.39, 0.29) is 29.8 Å². The SMILES string of the molecule is O=C(NCc1ccc(Cl)cc1)C1CCN(S(=O)(=O)c2ccc(F)c(F)c2)CC1. The topological polar surface area (TPSA) is 66.5 Å². The third-order valence-electron chi connectivity index (χ3n) is 4.73. The summed E-state index contributed by atoms with van der Waals surface area (Å²) in [6.07, 6.45) is 0.713. The molecule has 1 amide bonds. The van der Waals surface area contributed by atoms with Crippen molar-refractivity contribution in [3.63, 3.8) is 0 Å². The molecule has 1 fully saturated rings. The minimum Gasteiger partial charge on any atom is -0.352 e. The maximum atomic E-state index is 13.4. The number of sulfonamides is 1. The number of amides is 1. The molecule has 150 valence electrons. The Morgan fingerprint density at radius 2 is 1.71 bits per heavy atom. The molecule has 5 nitrogen and oxygen atoms in total. The summed E-state index contributed by atoms with van der Waals surface area (Å²) in [5.74, 6) is -2.75. The molecule has 1 N–H and O–H groups in total. The minimum absolute atomic E-state index is 0.139. The van der Waals surface area contributed by atoms with Crippen molar-refractivity contribution in [2.45, 2.75) is 24.3 Å². The van der Waals surface area contributed by atoms with E-state index in [2.05, 4.69) is 5.32 Å². The van der Waals surface area contributed by atoms with Gasteiger partial charge in [0.05, 0.1) is 4.90 Å². The average Bonchev–Trinajstić information content (AvgIpc) is 2.69. The third-order valence-corrected chi connectivity index (χ3v) is 6.88. The predicted octanol–water partition coefficient (Wildman–Crippen LogP) is 3.34. The van der Waals surface area contributed by atoms with Crippen LogP contribution in [0.1, 0.15) is 18.4 Å². The minimum atomic E-state index is -3.93. The second-order valence-corrected chi connectivity index (χ2v) is 8.97. The van der Waals surface area contributed by atoms with E-state index in [1.54, 1.807) is 12.1 Å². The molecule has 0 saturated carbocycles. The van der Waals surface area contributed by atoms with Crippen LogP contribution >= 0.6 is 11.6 Å². The summed E-state index contributed by atoms with van der Waals surface area (Å²) in [6, 6.07) is 9.63. The Hall–Kier alpha value is -2.03. The van der Waals surface area contributed by atoms with Crippen molar-refractivity contribution in [2.75, 3.05) is 13.1 Å². The second kappa shape index (κ2) is 8.55. The van der Waals surface area contributed by atoms with E-state index in [0.29, 0.717) is 30.5 Å². The van der Waals surface area contributed by atoms with Gasteiger partial charge < -0.3 is 5.32 Å². The first-order valence-corrected chi connectivity index (χ1v) is 10.6. The van der Waals surface area contributed by atoms with Gasteiger partial charge in [0, 0.05) is 30.6 Å². The van der Waals surface area contributed by atoms with Gasteiger partial charge in [-0.3, -0.25) is 4.79 Å². The highest BCUT2D eigenvalue weighted by Gasteiger charge is 2.32. The average molecular weight is 429 g/mol. The molecule has 0 radical (unpaired) electrons. The third kappa shape index (κ3) is 4.68. The molecule has 1 aliphatic rings. The van der Waals surface area contributed by atoms with Gasteiger partial charge in [-0.05, 0) is 48.7 Å². The van der Waals surface area contributed by atoms with E-state index in [1.807, 2.05) is 12.1 Å². The molecule has 9 heteroatoms. The second-order valence-electron chi connectivity index (χ2n) is 6.60. The van der Waals surface area contributed by atoms with Crippen molar-refractivity contribution >= 4 is 27.5 Å². The van der Waals surface area contributed by atoms with E-state index in [0.717, 1.165) is 17.7 Å². The number of hydrogen-bond acceptors (Lipinski definition) is 3. The van der Waals surface area contributed by atoms with Crippen molar-refractivity contribution in [3.05, 3.63) is 64.7 Å². The Balaban J connectivity index is 1.56. The van der Waals surface area contributed by atoms with Gasteiger partial charge in [0.25, 0.3) is 0 Å². The lowest BCUT2D eigenvalue weighted by molar-refractivity contribution is -0.126. The number of piperidine rings is 1. The van der Waals surface area contributed by atoms with Gasteiger partial charge >= 0.3 is 0 Å². The van der Waals surface area contributed by atoms with E-state index in [1.165, 1.54) is 4.31 Å². The van der Waals surface area contributed by atoms with Crippen LogP contribution in [0.5, 0.6) is 0 Å². The monoisotopic (exact) mass is 428 g/mol. The lowest BCUT2D eigenvalue weighted by atomic mass is 9.97. The first-order chi connectivity index (χ1) is 13.3. The van der Waals surface area contributed by atoms with E-state index < -0.39 is 21.7 Å². The molecular formula is C19H19ClF2N2O3S. The number of nitrogens with zero attached hydrogens (tertiary/aromatic N) is 1. The van der Waals surface area contributed by atoms with Crippen LogP contribution in [0.15, 0.2) is 47.4 Å². The van der Waals surface area contributed by atoms with Crippen LogP contribution in [0.2, 0.25) is 5.02 Å². The number of nitrogens with one attached hydrogen (secondary N) is 1. The number of carbonyl (C=O) groups excluding carboxylic acids is 1. The quantitative estimate of drug-likeness (QED) is 0.794. The van der Waals surface area contributed by atoms with Gasteiger partial charge in [-0.2, -0.15) is 4.31 Å². The van der Waals surface area contributed by atoms with Crippen LogP contribution in [0, 0.1) is 17.6 Å². The first-order valence-electron chi connectivity index (χ1n) is 8.75. The summed E-state index contributed by atoms with van der Waals surface area (Å²) in [6.45, 7) is 0.643. The molecule has 0 bridgehead atoms. The molecule has 0 unspecified atom stereocenters. The molecule has 1 saturated heterocycles. The van der Waals surface area contributed by atoms with Crippen molar-refractivity contribution in [1.29, 1.82) is 0 Å². The summed E-state index contributed by atoms with van der Waals surface area (Å²) in [7, 11) is -3.93. The summed E-state index contributed by atoms with van der Waals surface area (Å²) < 4.78 is 52.8. The Morgan fingerprint density at radius 1 is 1.07 bits per heavy atom. The Bertz CT molecular complexity index is 960. The maximum Gasteiger partial charge on any atom is 0.243 e. The van der Waals surface area contributed by atoms with E-state index in [9.17, 15) is 22.0 Å². The molecule has 3 rings (SSSR count). The van der Waals surface area contributed by atoms with Gasteiger partial charge in [0.2, 0.25) is 15.9 Å². The number of hydrogen-bond donors (Lipinski definition) is 1. The molecule has 2 aromatic carbocycles. The van der Waals surface area contributed by atoms with Gasteiger partial charge in [0.1, 0.15) is 0 Å². The molecule has 1 aliphatic heterocycles. The van der Waals surface area contributed by atoms with E-state index in [4.69, 9.17) is 11.6 Å². The van der Waals surface area contributed by atoms with Crippen LogP contribution in [-0.4, -0.2) is 31.7 Å². The van der Waals surface area contributed by atoms with Gasteiger partial charge in [0.15, 0.2) is 11.6 Å². The predicted molar refractivity (Wildman–Crippen MR) is 101 cm³/mol. The first kappa shape index (κ1) is 20.7. The fourth-order valence-electron chi connectivity index (χ4n) is 3.08. The summed E-state index contributed by atoms with van der Waals surface area (Å²) in [4.78, 5) is 12.1. The van der Waals surface area contributed by atoms with Crippen molar-refractivity contribution < 1.29 is 22.0 Å². The molecule has 28 heavy (non-hydrogen) atoms. The standard InChI is InChI=1S/C19H19ClF2N2O3S/c20-15-3-1-13(2-4-15)12-23-19(25)14-7-9-24(10-8-14)28(26,27)16-5-6-17(21)18(22)11-16/h1-6,11,14H,7-10,12H2,(H,23,25). The molecule has 0 spiro atoms. The Morgan fingerprint density at radius 3 is 2.32 bits per heavy atom. The summed E-state index contributed by atoms with van der Waals surface area (Å²) >= 11 is 5.83. The Labute approximate surface area is 167 Å². The van der Waals surface area contributed by atoms with Crippen LogP contribution < -0.4 is 5.32 Å². The van der Waals surface area contributed by atoms with Gasteiger partial charge in [-0.25, -0.2) is 17.2 Å². The maximum absolute atomic E-state index is 13.4. The van der Waals surface area contributed by atoms with Crippen molar-refractivity contribution in [3.8, 4) is 0 Å². The molecule has 0 aromatic heterocycles. The number of benzene rings is 2. The fourth-order valence-corrected chi connectivity index (χ4v) is 4.69. The highest BCUT2D eigenvalue weighted by Crippen LogP contribution is 2.25. The largest absolute Gasteiger partial charge is 0.352 e. The molecule has 0 aliphatic carbocycles. The zero-order valence-corrected chi connectivity index (χ0v) is 16.4. The number of rotatable bonds is 5. The molecule has 1 heterocycles. The van der Waals surface area contributed by atoms with Gasteiger partial charge in [-0.1, -0.05) is 23.7 Å². The highest BCUT2D eigenvalue weighted by atomic mass is 35.5. The van der Waals surface area contributed by atoms with Crippen LogP contribution in [0.25, 0.3) is 0 Å². The molecule has 2 aromatic rings. The highest BCUT2D eigenvalue weighted by molar-refractivity contribution is 7.89. The zero-order valence-electron chi connectivity index (χ0n) is 14.9. The Kier molecular flexibility index (Phi) is 6.32.